The average molecular weight is 714 g/mol. The van der Waals surface area contributed by atoms with Crippen molar-refractivity contribution in [3.8, 4) is 0 Å². The number of aliphatic carboxylic acids is 1. The van der Waals surface area contributed by atoms with E-state index in [1.807, 2.05) is 0 Å². The normalized spacial score (nSPS) is 49.1. The summed E-state index contributed by atoms with van der Waals surface area (Å²) in [6, 6.07) is 0. The number of fused-ring (bicyclic) bond motifs is 1. The quantitative estimate of drug-likeness (QED) is 0.0571. The first-order chi connectivity index (χ1) is 23.2. The number of carboxylic acids is 1. The van der Waals surface area contributed by atoms with Crippen LogP contribution in [-0.2, 0) is 33.3 Å². The van der Waals surface area contributed by atoms with Crippen molar-refractivity contribution in [3.63, 3.8) is 0 Å². The van der Waals surface area contributed by atoms with Crippen LogP contribution in [0.1, 0.15) is 44.9 Å². The summed E-state index contributed by atoms with van der Waals surface area (Å²) in [6.07, 6.45) is -22.6. The van der Waals surface area contributed by atoms with Crippen molar-refractivity contribution in [1.82, 2.24) is 0 Å². The lowest BCUT2D eigenvalue weighted by atomic mass is 9.72. The largest absolute Gasteiger partial charge is 0.481 e. The highest BCUT2D eigenvalue weighted by atomic mass is 16.7. The number of hydrogen-bond donors (Lipinski definition) is 11. The number of carboxylic acid groups (broad SMARTS) is 1. The molecule has 0 aromatic rings. The van der Waals surface area contributed by atoms with Gasteiger partial charge in [0.25, 0.3) is 0 Å². The molecule has 3 heterocycles. The lowest BCUT2D eigenvalue weighted by Crippen LogP contribution is -2.66. The zero-order chi connectivity index (χ0) is 35.7. The zero-order valence-electron chi connectivity index (χ0n) is 26.6. The zero-order valence-corrected chi connectivity index (χ0v) is 26.6. The number of carbonyl (C=O) groups is 2. The Labute approximate surface area is 280 Å². The first kappa shape index (κ1) is 38.6. The van der Waals surface area contributed by atoms with E-state index in [1.165, 1.54) is 0 Å². The highest BCUT2D eigenvalue weighted by Gasteiger charge is 2.56. The van der Waals surface area contributed by atoms with Crippen LogP contribution in [0, 0.1) is 11.8 Å². The fourth-order valence-electron chi connectivity index (χ4n) is 7.67. The van der Waals surface area contributed by atoms with Crippen LogP contribution in [0.5, 0.6) is 0 Å². The van der Waals surface area contributed by atoms with Gasteiger partial charge >= 0.3 is 11.9 Å². The van der Waals surface area contributed by atoms with Crippen molar-refractivity contribution in [2.24, 2.45) is 11.8 Å². The first-order valence-corrected chi connectivity index (χ1v) is 16.6. The van der Waals surface area contributed by atoms with Crippen LogP contribution >= 0.6 is 0 Å². The molecule has 0 amide bonds. The molecule has 0 spiro atoms. The monoisotopic (exact) mass is 713 g/mol. The maximum Gasteiger partial charge on any atom is 0.317 e. The maximum atomic E-state index is 12.0. The van der Waals surface area contributed by atoms with Crippen LogP contribution in [0.4, 0.5) is 0 Å². The molecule has 19 heteroatoms. The van der Waals surface area contributed by atoms with Crippen LogP contribution in [0.25, 0.3) is 0 Å². The predicted molar refractivity (Wildman–Crippen MR) is 156 cm³/mol. The minimum absolute atomic E-state index is 0.107. The van der Waals surface area contributed by atoms with Gasteiger partial charge in [0.2, 0.25) is 0 Å². The number of esters is 1. The van der Waals surface area contributed by atoms with E-state index in [9.17, 15) is 60.7 Å². The van der Waals surface area contributed by atoms with Crippen molar-refractivity contribution < 1.29 is 94.2 Å². The maximum absolute atomic E-state index is 12.0. The van der Waals surface area contributed by atoms with Gasteiger partial charge in [0.05, 0.1) is 36.9 Å². The van der Waals surface area contributed by atoms with E-state index in [-0.39, 0.29) is 38.0 Å². The third kappa shape index (κ3) is 8.70. The summed E-state index contributed by atoms with van der Waals surface area (Å²) in [7, 11) is 0. The summed E-state index contributed by atoms with van der Waals surface area (Å²) in [5.74, 6) is -3.41. The minimum Gasteiger partial charge on any atom is -0.481 e. The first-order valence-electron chi connectivity index (χ1n) is 16.6. The number of carbonyl (C=O) groups excluding carboxylic acids is 1. The van der Waals surface area contributed by atoms with Crippen LogP contribution in [0.3, 0.4) is 0 Å². The molecule has 282 valence electrons. The molecule has 5 rings (SSSR count). The molecular weight excluding hydrogens is 664 g/mol. The molecule has 0 bridgehead atoms. The lowest BCUT2D eigenvalue weighted by molar-refractivity contribution is -0.379. The summed E-state index contributed by atoms with van der Waals surface area (Å²) in [6.45, 7) is -1.52. The molecule has 0 radical (unpaired) electrons. The van der Waals surface area contributed by atoms with E-state index >= 15 is 0 Å². The van der Waals surface area contributed by atoms with Gasteiger partial charge in [-0.2, -0.15) is 0 Å². The summed E-state index contributed by atoms with van der Waals surface area (Å²) in [5, 5.41) is 114. The molecule has 49 heavy (non-hydrogen) atoms. The molecule has 2 saturated carbocycles. The number of rotatable bonds is 10. The van der Waals surface area contributed by atoms with Gasteiger partial charge < -0.3 is 84.6 Å². The van der Waals surface area contributed by atoms with E-state index < -0.39 is 142 Å². The SMILES string of the molecule is O=C(O)CC(=O)OCC1OC(OC2CC3C(O)CC(O)CC3[OH+]C2C2CCC(O)C(O)C2)C(O)C(OC2OC(CO)C(O)C(O)C2O)C1O. The van der Waals surface area contributed by atoms with E-state index in [2.05, 4.69) is 0 Å². The van der Waals surface area contributed by atoms with Crippen molar-refractivity contribution in [3.05, 3.63) is 0 Å². The molecule has 19 unspecified atom stereocenters. The van der Waals surface area contributed by atoms with E-state index in [4.69, 9.17) is 33.5 Å². The second-order valence-electron chi connectivity index (χ2n) is 13.8. The van der Waals surface area contributed by atoms with Gasteiger partial charge in [0, 0.05) is 18.8 Å². The number of aliphatic hydroxyl groups is 12. The molecular formula is C30H49O19+. The van der Waals surface area contributed by atoms with Gasteiger partial charge in [0.1, 0.15) is 68.0 Å². The Morgan fingerprint density at radius 1 is 0.714 bits per heavy atom. The van der Waals surface area contributed by atoms with Crippen LogP contribution in [0.2, 0.25) is 0 Å². The molecule has 19 nitrogen and oxygen atoms in total. The van der Waals surface area contributed by atoms with Gasteiger partial charge in [-0.05, 0) is 25.7 Å². The molecule has 5 aliphatic rings. The van der Waals surface area contributed by atoms with Crippen molar-refractivity contribution in [1.29, 1.82) is 0 Å². The van der Waals surface area contributed by atoms with Gasteiger partial charge in [-0.3, -0.25) is 9.59 Å². The Bertz CT molecular complexity index is 1110. The number of aliphatic hydroxyl groups excluding tert-OH is 10. The molecule has 2 aliphatic carbocycles. The van der Waals surface area contributed by atoms with Gasteiger partial charge in [-0.1, -0.05) is 0 Å². The van der Waals surface area contributed by atoms with Crippen LogP contribution in [0.15, 0.2) is 0 Å². The summed E-state index contributed by atoms with van der Waals surface area (Å²) < 4.78 is 33.2. The average Bonchev–Trinajstić information content (AvgIpc) is 3.04. The van der Waals surface area contributed by atoms with Crippen molar-refractivity contribution in [2.45, 2.75) is 149 Å². The standard InChI is InChI=1S/C30H48O19/c31-8-18-22(39)24(41)25(42)29(47-18)49-28-23(40)19(9-44-21(38)7-20(36)37)48-30(26(28)43)46-17-6-12-14(34)4-11(32)5-16(12)45-27(17)10-1-2-13(33)15(35)3-10/h10-19,22-35,39-43H,1-9H2,(H,36,37)/p+1. The third-order valence-electron chi connectivity index (χ3n) is 10.4. The molecule has 3 saturated heterocycles. The highest BCUT2D eigenvalue weighted by molar-refractivity contribution is 5.90. The Morgan fingerprint density at radius 2 is 1.41 bits per heavy atom. The topological polar surface area (TPSA) is 316 Å². The van der Waals surface area contributed by atoms with Crippen LogP contribution < -0.4 is 0 Å². The summed E-state index contributed by atoms with van der Waals surface area (Å²) in [4.78, 5) is 23.0. The fraction of sp³-hybridized carbons (Fsp3) is 0.933. The van der Waals surface area contributed by atoms with Crippen LogP contribution in [-0.4, -0.2) is 190 Å². The summed E-state index contributed by atoms with van der Waals surface area (Å²) in [5.41, 5.74) is 0. The Morgan fingerprint density at radius 3 is 2.08 bits per heavy atom. The summed E-state index contributed by atoms with van der Waals surface area (Å²) >= 11 is 0. The molecule has 0 aromatic heterocycles. The minimum atomic E-state index is -1.92. The smallest absolute Gasteiger partial charge is 0.317 e. The van der Waals surface area contributed by atoms with E-state index in [0.717, 1.165) is 0 Å². The van der Waals surface area contributed by atoms with E-state index in [0.29, 0.717) is 6.42 Å². The third-order valence-corrected chi connectivity index (χ3v) is 10.4. The van der Waals surface area contributed by atoms with Gasteiger partial charge in [0.15, 0.2) is 24.8 Å². The Kier molecular flexibility index (Phi) is 12.9. The number of ether oxygens (including phenoxy) is 6. The Balaban J connectivity index is 1.39. The molecule has 0 aromatic carbocycles. The Hall–Kier alpha value is -1.66. The lowest BCUT2D eigenvalue weighted by Gasteiger charge is -2.49. The van der Waals surface area contributed by atoms with Gasteiger partial charge in [-0.15, -0.1) is 0 Å². The van der Waals surface area contributed by atoms with E-state index in [1.54, 1.807) is 0 Å². The second-order valence-corrected chi connectivity index (χ2v) is 13.8. The fourth-order valence-corrected chi connectivity index (χ4v) is 7.67. The molecule has 5 fully saturated rings. The molecule has 19 atom stereocenters. The molecule has 12 N–H and O–H groups in total. The van der Waals surface area contributed by atoms with Crippen molar-refractivity contribution >= 4 is 11.9 Å². The second kappa shape index (κ2) is 16.3. The number of hydrogen-bond acceptors (Lipinski definition) is 17. The highest BCUT2D eigenvalue weighted by Crippen LogP contribution is 2.42. The predicted octanol–water partition coefficient (Wildman–Crippen LogP) is -5.66. The van der Waals surface area contributed by atoms with Crippen molar-refractivity contribution in [2.75, 3.05) is 13.2 Å². The molecule has 3 aliphatic heterocycles. The van der Waals surface area contributed by atoms with Gasteiger partial charge in [-0.25, -0.2) is 0 Å².